The Labute approximate surface area is 108 Å². The van der Waals surface area contributed by atoms with Crippen LogP contribution in [-0.2, 0) is 16.0 Å². The van der Waals surface area contributed by atoms with Crippen LogP contribution in [0, 0.1) is 11.3 Å². The fourth-order valence-electron chi connectivity index (χ4n) is 1.46. The smallest absolute Gasteiger partial charge is 0.293 e. The largest absolute Gasteiger partial charge is 0.467 e. The molecule has 0 aliphatic heterocycles. The van der Waals surface area contributed by atoms with Gasteiger partial charge in [0.15, 0.2) is 0 Å². The molecule has 1 aromatic carbocycles. The van der Waals surface area contributed by atoms with Crippen LogP contribution in [0.5, 0.6) is 0 Å². The lowest BCUT2D eigenvalue weighted by Gasteiger charge is -1.96. The average Bonchev–Trinajstić information content (AvgIpc) is 2.88. The third-order valence-corrected chi connectivity index (χ3v) is 3.46. The van der Waals surface area contributed by atoms with Crippen molar-refractivity contribution >= 4 is 17.8 Å². The highest BCUT2D eigenvalue weighted by Crippen LogP contribution is 2.26. The SMILES string of the molecule is N#Cc1ccc(-c2cnc(CCOC=O)s2)cc1. The van der Waals surface area contributed by atoms with Gasteiger partial charge in [0, 0.05) is 12.6 Å². The number of nitrogens with zero attached hydrogens (tertiary/aromatic N) is 2. The molecule has 90 valence electrons. The topological polar surface area (TPSA) is 63.0 Å². The van der Waals surface area contributed by atoms with Gasteiger partial charge in [-0.15, -0.1) is 11.3 Å². The summed E-state index contributed by atoms with van der Waals surface area (Å²) in [4.78, 5) is 15.3. The van der Waals surface area contributed by atoms with E-state index in [2.05, 4.69) is 15.8 Å². The van der Waals surface area contributed by atoms with Crippen LogP contribution in [0.3, 0.4) is 0 Å². The molecule has 0 radical (unpaired) electrons. The number of ether oxygens (including phenoxy) is 1. The molecular weight excluding hydrogens is 248 g/mol. The summed E-state index contributed by atoms with van der Waals surface area (Å²) in [6, 6.07) is 9.45. The first-order valence-electron chi connectivity index (χ1n) is 5.34. The quantitative estimate of drug-likeness (QED) is 0.610. The molecule has 1 aromatic heterocycles. The van der Waals surface area contributed by atoms with Crippen molar-refractivity contribution in [3.05, 3.63) is 41.0 Å². The number of aromatic nitrogens is 1. The maximum atomic E-state index is 10.0. The van der Waals surface area contributed by atoms with Gasteiger partial charge in [-0.25, -0.2) is 4.98 Å². The molecule has 18 heavy (non-hydrogen) atoms. The van der Waals surface area contributed by atoms with E-state index in [0.717, 1.165) is 15.4 Å². The van der Waals surface area contributed by atoms with Crippen LogP contribution in [-0.4, -0.2) is 18.1 Å². The maximum Gasteiger partial charge on any atom is 0.293 e. The summed E-state index contributed by atoms with van der Waals surface area (Å²) in [7, 11) is 0. The van der Waals surface area contributed by atoms with E-state index in [9.17, 15) is 4.79 Å². The Bertz CT molecular complexity index is 569. The van der Waals surface area contributed by atoms with Gasteiger partial charge in [0.2, 0.25) is 0 Å². The van der Waals surface area contributed by atoms with Gasteiger partial charge in [0.25, 0.3) is 6.47 Å². The molecule has 0 fully saturated rings. The predicted octanol–water partition coefficient (Wildman–Crippen LogP) is 2.40. The summed E-state index contributed by atoms with van der Waals surface area (Å²) in [6.07, 6.45) is 2.42. The molecule has 0 spiro atoms. The Kier molecular flexibility index (Phi) is 4.05. The summed E-state index contributed by atoms with van der Waals surface area (Å²) >= 11 is 1.56. The van der Waals surface area contributed by atoms with E-state index in [4.69, 9.17) is 5.26 Å². The van der Waals surface area contributed by atoms with Gasteiger partial charge in [0.1, 0.15) is 0 Å². The van der Waals surface area contributed by atoms with E-state index in [0.29, 0.717) is 25.1 Å². The van der Waals surface area contributed by atoms with E-state index >= 15 is 0 Å². The third kappa shape index (κ3) is 2.93. The molecule has 2 aromatic rings. The third-order valence-electron chi connectivity index (χ3n) is 2.35. The van der Waals surface area contributed by atoms with Crippen LogP contribution in [0.2, 0.25) is 0 Å². The molecule has 0 saturated heterocycles. The minimum absolute atomic E-state index is 0.351. The number of hydrogen-bond acceptors (Lipinski definition) is 5. The Morgan fingerprint density at radius 3 is 2.83 bits per heavy atom. The number of nitriles is 1. The minimum Gasteiger partial charge on any atom is -0.467 e. The predicted molar refractivity (Wildman–Crippen MR) is 68.0 cm³/mol. The fourth-order valence-corrected chi connectivity index (χ4v) is 2.37. The van der Waals surface area contributed by atoms with E-state index < -0.39 is 0 Å². The molecule has 4 nitrogen and oxygen atoms in total. The Hall–Kier alpha value is -2.19. The van der Waals surface area contributed by atoms with Crippen molar-refractivity contribution in [1.29, 1.82) is 5.26 Å². The Morgan fingerprint density at radius 2 is 2.17 bits per heavy atom. The molecule has 0 N–H and O–H groups in total. The van der Waals surface area contributed by atoms with Crippen molar-refractivity contribution < 1.29 is 9.53 Å². The molecular formula is C13H10N2O2S. The van der Waals surface area contributed by atoms with Gasteiger partial charge in [-0.3, -0.25) is 4.79 Å². The molecule has 0 bridgehead atoms. The van der Waals surface area contributed by atoms with E-state index in [-0.39, 0.29) is 0 Å². The zero-order valence-electron chi connectivity index (χ0n) is 9.50. The van der Waals surface area contributed by atoms with Crippen LogP contribution >= 0.6 is 11.3 Å². The first kappa shape index (κ1) is 12.3. The standard InChI is InChI=1S/C13H10N2O2S/c14-7-10-1-3-11(4-2-10)12-8-15-13(18-12)5-6-17-9-16/h1-4,8-9H,5-6H2. The highest BCUT2D eigenvalue weighted by atomic mass is 32.1. The highest BCUT2D eigenvalue weighted by Gasteiger charge is 2.04. The summed E-state index contributed by atoms with van der Waals surface area (Å²) in [5, 5.41) is 9.65. The zero-order valence-corrected chi connectivity index (χ0v) is 10.3. The summed E-state index contributed by atoms with van der Waals surface area (Å²) < 4.78 is 4.63. The summed E-state index contributed by atoms with van der Waals surface area (Å²) in [5.41, 5.74) is 1.68. The normalized spacial score (nSPS) is 9.72. The van der Waals surface area contributed by atoms with Crippen LogP contribution in [0.1, 0.15) is 10.6 Å². The Morgan fingerprint density at radius 1 is 1.39 bits per heavy atom. The van der Waals surface area contributed by atoms with Crippen molar-refractivity contribution in [2.24, 2.45) is 0 Å². The van der Waals surface area contributed by atoms with Crippen LogP contribution in [0.4, 0.5) is 0 Å². The van der Waals surface area contributed by atoms with Crippen molar-refractivity contribution in [3.63, 3.8) is 0 Å². The average molecular weight is 258 g/mol. The van der Waals surface area contributed by atoms with Crippen molar-refractivity contribution in [2.45, 2.75) is 6.42 Å². The second-order valence-corrected chi connectivity index (χ2v) is 4.64. The number of thiazole rings is 1. The molecule has 0 aliphatic carbocycles. The fraction of sp³-hybridized carbons (Fsp3) is 0.154. The number of rotatable bonds is 5. The second-order valence-electron chi connectivity index (χ2n) is 3.52. The molecule has 0 saturated carbocycles. The lowest BCUT2D eigenvalue weighted by molar-refractivity contribution is -0.128. The van der Waals surface area contributed by atoms with Crippen molar-refractivity contribution in [3.8, 4) is 16.5 Å². The Balaban J connectivity index is 2.09. The number of hydrogen-bond donors (Lipinski definition) is 0. The molecule has 0 unspecified atom stereocenters. The van der Waals surface area contributed by atoms with Gasteiger partial charge in [-0.1, -0.05) is 12.1 Å². The lowest BCUT2D eigenvalue weighted by atomic mass is 10.1. The van der Waals surface area contributed by atoms with Gasteiger partial charge in [-0.05, 0) is 17.7 Å². The molecule has 0 amide bonds. The number of carbonyl (C=O) groups excluding carboxylic acids is 1. The minimum atomic E-state index is 0.351. The van der Waals surface area contributed by atoms with Gasteiger partial charge < -0.3 is 4.74 Å². The molecule has 5 heteroatoms. The van der Waals surface area contributed by atoms with Crippen LogP contribution in [0.15, 0.2) is 30.5 Å². The van der Waals surface area contributed by atoms with Crippen LogP contribution in [0.25, 0.3) is 10.4 Å². The van der Waals surface area contributed by atoms with E-state index in [1.807, 2.05) is 12.1 Å². The van der Waals surface area contributed by atoms with Crippen molar-refractivity contribution in [2.75, 3.05) is 6.61 Å². The molecule has 1 heterocycles. The maximum absolute atomic E-state index is 10.0. The first-order valence-corrected chi connectivity index (χ1v) is 6.15. The summed E-state index contributed by atoms with van der Waals surface area (Å²) in [6.45, 7) is 0.791. The lowest BCUT2D eigenvalue weighted by Crippen LogP contribution is -1.95. The zero-order chi connectivity index (χ0) is 12.8. The number of carbonyl (C=O) groups is 1. The molecule has 0 atom stereocenters. The molecule has 2 rings (SSSR count). The highest BCUT2D eigenvalue weighted by molar-refractivity contribution is 7.15. The second kappa shape index (κ2) is 5.94. The van der Waals surface area contributed by atoms with Gasteiger partial charge in [-0.2, -0.15) is 5.26 Å². The van der Waals surface area contributed by atoms with Gasteiger partial charge in [0.05, 0.1) is 28.1 Å². The monoisotopic (exact) mass is 258 g/mol. The first-order chi connectivity index (χ1) is 8.83. The van der Waals surface area contributed by atoms with Gasteiger partial charge >= 0.3 is 0 Å². The van der Waals surface area contributed by atoms with E-state index in [1.54, 1.807) is 29.7 Å². The van der Waals surface area contributed by atoms with Crippen LogP contribution < -0.4 is 0 Å². The van der Waals surface area contributed by atoms with E-state index in [1.165, 1.54) is 0 Å². The number of benzene rings is 1. The molecule has 0 aliphatic rings. The summed E-state index contributed by atoms with van der Waals surface area (Å²) in [5.74, 6) is 0. The van der Waals surface area contributed by atoms with Crippen molar-refractivity contribution in [1.82, 2.24) is 4.98 Å².